The lowest BCUT2D eigenvalue weighted by atomic mass is 10.4. The number of hydrogen-bond donors (Lipinski definition) is 0. The third-order valence-corrected chi connectivity index (χ3v) is 3.91. The van der Waals surface area contributed by atoms with Crippen LogP contribution in [0.5, 0.6) is 0 Å². The molecule has 18 heavy (non-hydrogen) atoms. The Balaban J connectivity index is 0.000000321. The van der Waals surface area contributed by atoms with Crippen molar-refractivity contribution in [2.75, 3.05) is 6.61 Å². The van der Waals surface area contributed by atoms with Crippen LogP contribution in [0.25, 0.3) is 5.53 Å². The van der Waals surface area contributed by atoms with E-state index >= 15 is 0 Å². The minimum absolute atomic E-state index is 0.0307. The molecule has 1 aromatic carbocycles. The number of ether oxygens (including phenoxy) is 1. The Bertz CT molecular complexity index is 412. The largest absolute Gasteiger partial charge is 0.457 e. The molecule has 0 spiro atoms. The molecule has 4 nitrogen and oxygen atoms in total. The minimum Gasteiger partial charge on any atom is -0.457 e. The first-order valence-electron chi connectivity index (χ1n) is 5.93. The molecule has 0 N–H and O–H groups in total. The van der Waals surface area contributed by atoms with Gasteiger partial charge in [-0.3, -0.25) is 0 Å². The highest BCUT2D eigenvalue weighted by molar-refractivity contribution is 6.70. The summed E-state index contributed by atoms with van der Waals surface area (Å²) in [4.78, 5) is 13.1. The molecule has 0 radical (unpaired) electrons. The number of carbonyl (C=O) groups is 1. The first-order valence-corrected chi connectivity index (χ1v) is 8.82. The van der Waals surface area contributed by atoms with Gasteiger partial charge in [-0.2, -0.15) is 4.79 Å². The number of esters is 1. The van der Waals surface area contributed by atoms with E-state index in [9.17, 15) is 4.79 Å². The van der Waals surface area contributed by atoms with Gasteiger partial charge in [0.05, 0.1) is 15.4 Å². The molecule has 0 fully saturated rings. The van der Waals surface area contributed by atoms with Crippen molar-refractivity contribution in [3.05, 3.63) is 35.9 Å². The second-order valence-electron chi connectivity index (χ2n) is 3.97. The van der Waals surface area contributed by atoms with E-state index in [0.717, 1.165) is 0 Å². The highest BCUT2D eigenvalue weighted by Gasteiger charge is 2.12. The summed E-state index contributed by atoms with van der Waals surface area (Å²) in [5.41, 5.74) is 7.99. The van der Waals surface area contributed by atoms with Crippen LogP contribution >= 0.6 is 0 Å². The summed E-state index contributed by atoms with van der Waals surface area (Å²) in [5.74, 6) is -0.583. The van der Waals surface area contributed by atoms with E-state index in [4.69, 9.17) is 5.53 Å². The molecule has 98 valence electrons. The number of benzene rings is 1. The molecule has 0 aliphatic rings. The van der Waals surface area contributed by atoms with Crippen LogP contribution in [-0.2, 0) is 9.53 Å². The quantitative estimate of drug-likeness (QED) is 0.274. The summed E-state index contributed by atoms with van der Waals surface area (Å²) in [6.07, 6.45) is 0. The molecule has 0 aromatic heterocycles. The Hall–Kier alpha value is -1.71. The Morgan fingerprint density at radius 1 is 1.33 bits per heavy atom. The lowest BCUT2D eigenvalue weighted by Crippen LogP contribution is -2.21. The van der Waals surface area contributed by atoms with Crippen molar-refractivity contribution in [2.45, 2.75) is 26.9 Å². The van der Waals surface area contributed by atoms with Gasteiger partial charge in [0, 0.05) is 6.92 Å². The molecule has 0 saturated carbocycles. The van der Waals surface area contributed by atoms with E-state index in [0.29, 0.717) is 6.61 Å². The third kappa shape index (κ3) is 6.78. The normalized spacial score (nSPS) is 8.94. The van der Waals surface area contributed by atoms with Crippen LogP contribution in [0.3, 0.4) is 0 Å². The summed E-state index contributed by atoms with van der Waals surface area (Å²) in [7, 11) is -0.529. The molecule has 0 aliphatic carbocycles. The van der Waals surface area contributed by atoms with Gasteiger partial charge in [-0.15, -0.1) is 0 Å². The van der Waals surface area contributed by atoms with Crippen LogP contribution in [0.2, 0.25) is 13.1 Å². The zero-order valence-electron chi connectivity index (χ0n) is 11.4. The van der Waals surface area contributed by atoms with Crippen molar-refractivity contribution in [2.24, 2.45) is 0 Å². The van der Waals surface area contributed by atoms with Crippen molar-refractivity contribution in [1.82, 2.24) is 0 Å². The molecule has 0 atom stereocenters. The van der Waals surface area contributed by atoms with Crippen LogP contribution in [0.4, 0.5) is 0 Å². The van der Waals surface area contributed by atoms with Crippen LogP contribution in [0.1, 0.15) is 13.8 Å². The molecule has 5 heteroatoms. The van der Waals surface area contributed by atoms with Gasteiger partial charge < -0.3 is 10.3 Å². The summed E-state index contributed by atoms with van der Waals surface area (Å²) >= 11 is 0. The van der Waals surface area contributed by atoms with Crippen LogP contribution < -0.4 is 5.19 Å². The van der Waals surface area contributed by atoms with Crippen molar-refractivity contribution >= 4 is 25.7 Å². The van der Waals surface area contributed by atoms with Crippen LogP contribution in [-0.4, -0.2) is 31.9 Å². The van der Waals surface area contributed by atoms with E-state index < -0.39 is 14.8 Å². The van der Waals surface area contributed by atoms with Crippen molar-refractivity contribution in [1.29, 1.82) is 0 Å². The van der Waals surface area contributed by atoms with Gasteiger partial charge in [0.2, 0.25) is 0 Å². The van der Waals surface area contributed by atoms with E-state index in [1.807, 2.05) is 0 Å². The lowest BCUT2D eigenvalue weighted by Gasteiger charge is -1.99. The zero-order valence-corrected chi connectivity index (χ0v) is 12.5. The van der Waals surface area contributed by atoms with Gasteiger partial charge in [0.1, 0.15) is 0 Å². The molecule has 0 aliphatic heterocycles. The molecule has 0 bridgehead atoms. The summed E-state index contributed by atoms with van der Waals surface area (Å²) in [5, 5.41) is 1.55. The average Bonchev–Trinajstić information content (AvgIpc) is 2.39. The third-order valence-electron chi connectivity index (χ3n) is 2.19. The first kappa shape index (κ1) is 16.3. The maximum Gasteiger partial charge on any atom is 0.416 e. The molecule has 0 amide bonds. The minimum atomic E-state index is -0.583. The fraction of sp³-hybridized carbons (Fsp3) is 0.385. The summed E-state index contributed by atoms with van der Waals surface area (Å²) in [6.45, 7) is 8.04. The van der Waals surface area contributed by atoms with E-state index in [-0.39, 0.29) is 5.71 Å². The molecule has 0 heterocycles. The highest BCUT2D eigenvalue weighted by Crippen LogP contribution is 1.86. The van der Waals surface area contributed by atoms with Gasteiger partial charge >= 0.3 is 11.7 Å². The number of carbonyl (C=O) groups excluding carboxylic acids is 1. The maximum absolute atomic E-state index is 10.5. The Morgan fingerprint density at radius 2 is 1.89 bits per heavy atom. The summed E-state index contributed by atoms with van der Waals surface area (Å²) in [6, 6.07) is 10.7. The van der Waals surface area contributed by atoms with Gasteiger partial charge in [-0.1, -0.05) is 48.6 Å². The molecular weight excluding hydrogens is 244 g/mol. The Morgan fingerprint density at radius 3 is 2.22 bits per heavy atom. The lowest BCUT2D eigenvalue weighted by molar-refractivity contribution is -0.139. The van der Waals surface area contributed by atoms with Gasteiger partial charge in [0.25, 0.3) is 0 Å². The molecular formula is C13H20N2O2Si. The van der Waals surface area contributed by atoms with Crippen molar-refractivity contribution < 1.29 is 14.3 Å². The standard InChI is InChI=1S/C8H12Si.C5H8N2O2/c1-9(2)8-6-4-3-5-7-8;1-3-9-5(8)4(2)7-6/h3-7,9H,1-2H3;3H2,1-2H3. The van der Waals surface area contributed by atoms with Gasteiger partial charge in [-0.05, 0) is 6.92 Å². The monoisotopic (exact) mass is 264 g/mol. The van der Waals surface area contributed by atoms with E-state index in [1.165, 1.54) is 6.92 Å². The van der Waals surface area contributed by atoms with Gasteiger partial charge in [0.15, 0.2) is 0 Å². The highest BCUT2D eigenvalue weighted by atomic mass is 28.3. The number of hydrogen-bond acceptors (Lipinski definition) is 2. The smallest absolute Gasteiger partial charge is 0.416 e. The zero-order chi connectivity index (χ0) is 14.0. The molecule has 1 aromatic rings. The Kier molecular flexibility index (Phi) is 8.44. The predicted octanol–water partition coefficient (Wildman–Crippen LogP) is 1.62. The fourth-order valence-electron chi connectivity index (χ4n) is 1.11. The molecule has 0 unspecified atom stereocenters. The second kappa shape index (κ2) is 9.33. The Labute approximate surface area is 110 Å². The van der Waals surface area contributed by atoms with Crippen LogP contribution in [0.15, 0.2) is 30.3 Å². The topological polar surface area (TPSA) is 62.7 Å². The fourth-order valence-corrected chi connectivity index (χ4v) is 2.11. The van der Waals surface area contributed by atoms with Crippen LogP contribution in [0, 0.1) is 0 Å². The van der Waals surface area contributed by atoms with E-state index in [1.54, 1.807) is 12.1 Å². The maximum atomic E-state index is 10.5. The molecule has 1 rings (SSSR count). The summed E-state index contributed by atoms with van der Waals surface area (Å²) < 4.78 is 4.46. The van der Waals surface area contributed by atoms with Crippen molar-refractivity contribution in [3.8, 4) is 0 Å². The SMILES string of the molecule is CCOC(=O)C(C)=[N+]=[N-].C[SiH](C)c1ccccc1. The average molecular weight is 264 g/mol. The van der Waals surface area contributed by atoms with E-state index in [2.05, 4.69) is 53.0 Å². The molecule has 0 saturated heterocycles. The predicted molar refractivity (Wildman–Crippen MR) is 75.9 cm³/mol. The number of rotatable bonds is 3. The number of nitrogens with zero attached hydrogens (tertiary/aromatic N) is 2. The van der Waals surface area contributed by atoms with Gasteiger partial charge in [-0.25, -0.2) is 4.79 Å². The second-order valence-corrected chi connectivity index (χ2v) is 6.95. The van der Waals surface area contributed by atoms with Crippen molar-refractivity contribution in [3.63, 3.8) is 0 Å². The first-order chi connectivity index (χ1) is 8.52.